The van der Waals surface area contributed by atoms with Crippen LogP contribution in [-0.2, 0) is 12.2 Å². The lowest BCUT2D eigenvalue weighted by Gasteiger charge is -2.24. The van der Waals surface area contributed by atoms with Gasteiger partial charge in [-0.05, 0) is 70.0 Å². The van der Waals surface area contributed by atoms with Crippen LogP contribution >= 0.6 is 11.3 Å². The molecule has 2 aromatic rings. The average Bonchev–Trinajstić information content (AvgIpc) is 2.95. The van der Waals surface area contributed by atoms with E-state index < -0.39 is 5.60 Å². The average molecular weight is 391 g/mol. The zero-order chi connectivity index (χ0) is 19.3. The Hall–Kier alpha value is -1.63. The van der Waals surface area contributed by atoms with Crippen molar-refractivity contribution in [2.45, 2.75) is 51.7 Å². The molecule has 5 nitrogen and oxygen atoms in total. The highest BCUT2D eigenvalue weighted by Crippen LogP contribution is 2.36. The molecular weight excluding hydrogens is 360 g/mol. The van der Waals surface area contributed by atoms with Gasteiger partial charge in [0.15, 0.2) is 0 Å². The molecule has 148 valence electrons. The Morgan fingerprint density at radius 2 is 1.93 bits per heavy atom. The van der Waals surface area contributed by atoms with E-state index in [1.165, 1.54) is 0 Å². The number of rotatable bonds is 7. The molecule has 1 saturated heterocycles. The highest BCUT2D eigenvalue weighted by atomic mass is 32.1. The summed E-state index contributed by atoms with van der Waals surface area (Å²) < 4.78 is 11.1. The molecule has 0 radical (unpaired) electrons. The Morgan fingerprint density at radius 1 is 1.19 bits per heavy atom. The van der Waals surface area contributed by atoms with E-state index in [9.17, 15) is 5.11 Å². The summed E-state index contributed by atoms with van der Waals surface area (Å²) in [5, 5.41) is 12.1. The Labute approximate surface area is 166 Å². The standard InChI is InChI=1S/C21H30N2O3S/c1-4-12-23-13-5-10-21(24,11-14-23)20-22-16(2)19(27-20)15-26-18-8-6-17(25-3)7-9-18/h6-9,24H,4-5,10-15H2,1-3H3/t21-/m1/s1. The Morgan fingerprint density at radius 3 is 2.63 bits per heavy atom. The first-order chi connectivity index (χ1) is 13.0. The topological polar surface area (TPSA) is 54.8 Å². The summed E-state index contributed by atoms with van der Waals surface area (Å²) in [6.45, 7) is 7.77. The van der Waals surface area contributed by atoms with Crippen molar-refractivity contribution in [1.82, 2.24) is 9.88 Å². The van der Waals surface area contributed by atoms with E-state index in [1.807, 2.05) is 31.2 Å². The number of hydrogen-bond acceptors (Lipinski definition) is 6. The molecule has 0 amide bonds. The molecule has 0 aliphatic carbocycles. The molecular formula is C21H30N2O3S. The van der Waals surface area contributed by atoms with Crippen molar-refractivity contribution < 1.29 is 14.6 Å². The molecule has 6 heteroatoms. The Balaban J connectivity index is 1.66. The van der Waals surface area contributed by atoms with Gasteiger partial charge in [-0.15, -0.1) is 11.3 Å². The Kier molecular flexibility index (Phi) is 6.73. The predicted octanol–water partition coefficient (Wildman–Crippen LogP) is 4.12. The normalized spacial score (nSPS) is 21.0. The van der Waals surface area contributed by atoms with Crippen molar-refractivity contribution in [1.29, 1.82) is 0 Å². The first-order valence-corrected chi connectivity index (χ1v) is 10.5. The molecule has 1 atom stereocenters. The molecule has 1 aromatic carbocycles. The van der Waals surface area contributed by atoms with Crippen molar-refractivity contribution in [3.8, 4) is 11.5 Å². The minimum absolute atomic E-state index is 0.466. The number of benzene rings is 1. The summed E-state index contributed by atoms with van der Waals surface area (Å²) in [6.07, 6.45) is 3.69. The fraction of sp³-hybridized carbons (Fsp3) is 0.571. The van der Waals surface area contributed by atoms with E-state index >= 15 is 0 Å². The number of ether oxygens (including phenoxy) is 2. The van der Waals surface area contributed by atoms with Crippen LogP contribution in [0.15, 0.2) is 24.3 Å². The summed E-state index contributed by atoms with van der Waals surface area (Å²) in [5.74, 6) is 1.61. The molecule has 0 unspecified atom stereocenters. The summed E-state index contributed by atoms with van der Waals surface area (Å²) in [6, 6.07) is 7.57. The van der Waals surface area contributed by atoms with Crippen molar-refractivity contribution in [2.24, 2.45) is 0 Å². The molecule has 27 heavy (non-hydrogen) atoms. The van der Waals surface area contributed by atoms with Crippen LogP contribution < -0.4 is 9.47 Å². The Bertz CT molecular complexity index is 732. The number of nitrogens with zero attached hydrogens (tertiary/aromatic N) is 2. The fourth-order valence-corrected chi connectivity index (χ4v) is 4.63. The largest absolute Gasteiger partial charge is 0.497 e. The monoisotopic (exact) mass is 390 g/mol. The zero-order valence-corrected chi connectivity index (χ0v) is 17.3. The lowest BCUT2D eigenvalue weighted by Crippen LogP contribution is -2.29. The van der Waals surface area contributed by atoms with Crippen molar-refractivity contribution in [3.05, 3.63) is 39.8 Å². The van der Waals surface area contributed by atoms with Crippen molar-refractivity contribution >= 4 is 11.3 Å². The molecule has 1 aliphatic rings. The summed E-state index contributed by atoms with van der Waals surface area (Å²) in [4.78, 5) is 8.23. The van der Waals surface area contributed by atoms with Gasteiger partial charge >= 0.3 is 0 Å². The van der Waals surface area contributed by atoms with Crippen LogP contribution in [0.3, 0.4) is 0 Å². The fourth-order valence-electron chi connectivity index (χ4n) is 3.51. The quantitative estimate of drug-likeness (QED) is 0.771. The highest BCUT2D eigenvalue weighted by molar-refractivity contribution is 7.11. The minimum atomic E-state index is -0.809. The van der Waals surface area contributed by atoms with E-state index in [4.69, 9.17) is 14.5 Å². The summed E-state index contributed by atoms with van der Waals surface area (Å²) in [7, 11) is 1.65. The molecule has 1 aliphatic heterocycles. The third-order valence-electron chi connectivity index (χ3n) is 5.17. The van der Waals surface area contributed by atoms with Gasteiger partial charge in [-0.1, -0.05) is 6.92 Å². The number of hydrogen-bond donors (Lipinski definition) is 1. The molecule has 0 saturated carbocycles. The number of aryl methyl sites for hydroxylation is 1. The van der Waals surface area contributed by atoms with E-state index in [0.29, 0.717) is 6.61 Å². The SMILES string of the molecule is CCCN1CCC[C@](O)(c2nc(C)c(COc3ccc(OC)cc3)s2)CC1. The van der Waals surface area contributed by atoms with Crippen LogP contribution in [0.5, 0.6) is 11.5 Å². The van der Waals surface area contributed by atoms with Crippen LogP contribution in [0.4, 0.5) is 0 Å². The van der Waals surface area contributed by atoms with E-state index in [0.717, 1.165) is 72.4 Å². The number of methoxy groups -OCH3 is 1. The van der Waals surface area contributed by atoms with E-state index in [-0.39, 0.29) is 0 Å². The van der Waals surface area contributed by atoms with E-state index in [2.05, 4.69) is 11.8 Å². The van der Waals surface area contributed by atoms with Crippen molar-refractivity contribution in [3.63, 3.8) is 0 Å². The second-order valence-electron chi connectivity index (χ2n) is 7.22. The maximum Gasteiger partial charge on any atom is 0.125 e. The number of thiazole rings is 1. The lowest BCUT2D eigenvalue weighted by atomic mass is 9.96. The van der Waals surface area contributed by atoms with Crippen LogP contribution in [0.1, 0.15) is 48.2 Å². The molecule has 2 heterocycles. The van der Waals surface area contributed by atoms with Crippen LogP contribution in [0, 0.1) is 6.92 Å². The molecule has 1 aromatic heterocycles. The van der Waals surface area contributed by atoms with Crippen LogP contribution in [0.2, 0.25) is 0 Å². The highest BCUT2D eigenvalue weighted by Gasteiger charge is 2.35. The minimum Gasteiger partial charge on any atom is -0.497 e. The van der Waals surface area contributed by atoms with Gasteiger partial charge in [-0.2, -0.15) is 0 Å². The number of likely N-dealkylation sites (tertiary alicyclic amines) is 1. The third kappa shape index (κ3) is 5.00. The van der Waals surface area contributed by atoms with Gasteiger partial charge in [0.05, 0.1) is 17.7 Å². The van der Waals surface area contributed by atoms with Crippen LogP contribution in [-0.4, -0.2) is 41.7 Å². The maximum absolute atomic E-state index is 11.3. The first kappa shape index (κ1) is 20.1. The lowest BCUT2D eigenvalue weighted by molar-refractivity contribution is 0.0209. The van der Waals surface area contributed by atoms with Gasteiger partial charge in [0, 0.05) is 6.54 Å². The van der Waals surface area contributed by atoms with Gasteiger partial charge in [-0.3, -0.25) is 0 Å². The third-order valence-corrected chi connectivity index (χ3v) is 6.49. The predicted molar refractivity (Wildman–Crippen MR) is 109 cm³/mol. The summed E-state index contributed by atoms with van der Waals surface area (Å²) >= 11 is 1.59. The molecule has 1 fully saturated rings. The number of aromatic nitrogens is 1. The second kappa shape index (κ2) is 9.04. The van der Waals surface area contributed by atoms with Crippen molar-refractivity contribution in [2.75, 3.05) is 26.7 Å². The van der Waals surface area contributed by atoms with Gasteiger partial charge in [-0.25, -0.2) is 4.98 Å². The summed E-state index contributed by atoms with van der Waals surface area (Å²) in [5.41, 5.74) is 0.141. The van der Waals surface area contributed by atoms with Gasteiger partial charge in [0.2, 0.25) is 0 Å². The van der Waals surface area contributed by atoms with Gasteiger partial charge < -0.3 is 19.5 Å². The molecule has 3 rings (SSSR count). The maximum atomic E-state index is 11.3. The second-order valence-corrected chi connectivity index (χ2v) is 8.30. The number of aliphatic hydroxyl groups is 1. The first-order valence-electron chi connectivity index (χ1n) is 9.72. The van der Waals surface area contributed by atoms with Crippen LogP contribution in [0.25, 0.3) is 0 Å². The van der Waals surface area contributed by atoms with Gasteiger partial charge in [0.25, 0.3) is 0 Å². The molecule has 0 spiro atoms. The van der Waals surface area contributed by atoms with E-state index in [1.54, 1.807) is 18.4 Å². The molecule has 0 bridgehead atoms. The molecule has 1 N–H and O–H groups in total. The van der Waals surface area contributed by atoms with Gasteiger partial charge in [0.1, 0.15) is 28.7 Å². The smallest absolute Gasteiger partial charge is 0.125 e. The zero-order valence-electron chi connectivity index (χ0n) is 16.5.